The summed E-state index contributed by atoms with van der Waals surface area (Å²) in [4.78, 5) is 2.36. The maximum Gasteiger partial charge on any atom is 0.0638 e. The maximum absolute atomic E-state index is 5.86. The first-order valence-electron chi connectivity index (χ1n) is 4.37. The van der Waals surface area contributed by atoms with E-state index >= 15 is 0 Å². The Labute approximate surface area is 68.5 Å². The van der Waals surface area contributed by atoms with E-state index < -0.39 is 0 Å². The number of hydrogen-bond acceptors (Lipinski definition) is 3. The molecule has 0 amide bonds. The van der Waals surface area contributed by atoms with Gasteiger partial charge in [-0.1, -0.05) is 13.8 Å². The Hall–Kier alpha value is -0.120. The molecule has 11 heavy (non-hydrogen) atoms. The summed E-state index contributed by atoms with van der Waals surface area (Å²) < 4.78 is 5.29. The average Bonchev–Trinajstić information content (AvgIpc) is 2.40. The molecule has 0 aromatic carbocycles. The summed E-state index contributed by atoms with van der Waals surface area (Å²) in [7, 11) is 0. The van der Waals surface area contributed by atoms with Crippen LogP contribution in [0, 0.1) is 0 Å². The summed E-state index contributed by atoms with van der Waals surface area (Å²) >= 11 is 0. The van der Waals surface area contributed by atoms with Crippen LogP contribution < -0.4 is 5.73 Å². The fraction of sp³-hybridized carbons (Fsp3) is 1.00. The summed E-state index contributed by atoms with van der Waals surface area (Å²) in [6.45, 7) is 7.99. The molecular weight excluding hydrogens is 140 g/mol. The van der Waals surface area contributed by atoms with Gasteiger partial charge in [0.2, 0.25) is 0 Å². The molecule has 0 aliphatic carbocycles. The minimum absolute atomic E-state index is 0.217. The van der Waals surface area contributed by atoms with Crippen molar-refractivity contribution in [1.82, 2.24) is 4.90 Å². The Morgan fingerprint density at radius 1 is 1.36 bits per heavy atom. The van der Waals surface area contributed by atoms with Crippen LogP contribution in [0.5, 0.6) is 0 Å². The third-order valence-electron chi connectivity index (χ3n) is 2.37. The van der Waals surface area contributed by atoms with Gasteiger partial charge >= 0.3 is 0 Å². The van der Waals surface area contributed by atoms with Crippen molar-refractivity contribution >= 4 is 0 Å². The van der Waals surface area contributed by atoms with Crippen molar-refractivity contribution < 1.29 is 4.74 Å². The molecule has 0 aromatic heterocycles. The Balaban J connectivity index is 2.43. The van der Waals surface area contributed by atoms with Crippen LogP contribution in [0.25, 0.3) is 0 Å². The summed E-state index contributed by atoms with van der Waals surface area (Å²) in [5.41, 5.74) is 5.86. The molecule has 1 aliphatic heterocycles. The Kier molecular flexibility index (Phi) is 3.30. The lowest BCUT2D eigenvalue weighted by atomic mass is 10.1. The Morgan fingerprint density at radius 3 is 2.36 bits per heavy atom. The maximum atomic E-state index is 5.86. The number of ether oxygens (including phenoxy) is 1. The smallest absolute Gasteiger partial charge is 0.0638 e. The first-order valence-corrected chi connectivity index (χ1v) is 4.37. The van der Waals surface area contributed by atoms with E-state index in [-0.39, 0.29) is 6.04 Å². The molecule has 0 saturated carbocycles. The summed E-state index contributed by atoms with van der Waals surface area (Å²) in [6.07, 6.45) is 0. The molecule has 1 rings (SSSR count). The molecular formula is C8H18N2O. The highest BCUT2D eigenvalue weighted by molar-refractivity contribution is 4.85. The topological polar surface area (TPSA) is 38.5 Å². The monoisotopic (exact) mass is 158 g/mol. The van der Waals surface area contributed by atoms with Gasteiger partial charge in [0, 0.05) is 6.04 Å². The zero-order valence-electron chi connectivity index (χ0n) is 7.42. The van der Waals surface area contributed by atoms with Crippen molar-refractivity contribution in [2.75, 3.05) is 26.3 Å². The predicted molar refractivity (Wildman–Crippen MR) is 45.5 cm³/mol. The van der Waals surface area contributed by atoms with E-state index in [1.54, 1.807) is 0 Å². The van der Waals surface area contributed by atoms with Crippen molar-refractivity contribution in [3.63, 3.8) is 0 Å². The van der Waals surface area contributed by atoms with Crippen LogP contribution in [0.4, 0.5) is 0 Å². The number of likely N-dealkylation sites (N-methyl/N-ethyl adjacent to an activating group) is 1. The third-order valence-corrected chi connectivity index (χ3v) is 2.37. The van der Waals surface area contributed by atoms with Crippen molar-refractivity contribution in [2.24, 2.45) is 5.73 Å². The summed E-state index contributed by atoms with van der Waals surface area (Å²) in [5, 5.41) is 0. The van der Waals surface area contributed by atoms with Crippen LogP contribution in [0.3, 0.4) is 0 Å². The highest BCUT2D eigenvalue weighted by Gasteiger charge is 2.28. The molecule has 66 valence electrons. The third kappa shape index (κ3) is 1.92. The van der Waals surface area contributed by atoms with Crippen LogP contribution in [0.1, 0.15) is 13.8 Å². The Bertz CT molecular complexity index is 115. The molecule has 1 heterocycles. The van der Waals surface area contributed by atoms with E-state index in [2.05, 4.69) is 18.7 Å². The van der Waals surface area contributed by atoms with Crippen LogP contribution in [-0.2, 0) is 4.74 Å². The van der Waals surface area contributed by atoms with Gasteiger partial charge in [-0.25, -0.2) is 0 Å². The largest absolute Gasteiger partial charge is 0.378 e. The van der Waals surface area contributed by atoms with Crippen molar-refractivity contribution in [1.29, 1.82) is 0 Å². The van der Waals surface area contributed by atoms with Crippen molar-refractivity contribution in [3.05, 3.63) is 0 Å². The highest BCUT2D eigenvalue weighted by atomic mass is 16.5. The summed E-state index contributed by atoms with van der Waals surface area (Å²) in [5.74, 6) is 0. The molecule has 1 aliphatic rings. The van der Waals surface area contributed by atoms with Gasteiger partial charge in [0.25, 0.3) is 0 Å². The number of nitrogens with zero attached hydrogens (tertiary/aromatic N) is 1. The van der Waals surface area contributed by atoms with E-state index in [9.17, 15) is 0 Å². The van der Waals surface area contributed by atoms with E-state index in [1.165, 1.54) is 0 Å². The van der Waals surface area contributed by atoms with Gasteiger partial charge in [0.15, 0.2) is 0 Å². The second-order valence-electron chi connectivity index (χ2n) is 2.99. The average molecular weight is 158 g/mol. The van der Waals surface area contributed by atoms with Gasteiger partial charge in [-0.15, -0.1) is 0 Å². The Morgan fingerprint density at radius 2 is 2.00 bits per heavy atom. The first kappa shape index (κ1) is 8.97. The van der Waals surface area contributed by atoms with Crippen LogP contribution in [-0.4, -0.2) is 43.3 Å². The van der Waals surface area contributed by atoms with E-state index in [4.69, 9.17) is 10.5 Å². The SMILES string of the molecule is CCN(CC)[C@H]1COC[C@@H]1N. The zero-order valence-corrected chi connectivity index (χ0v) is 7.42. The molecule has 3 nitrogen and oxygen atoms in total. The normalized spacial score (nSPS) is 31.6. The number of rotatable bonds is 3. The molecule has 0 spiro atoms. The van der Waals surface area contributed by atoms with E-state index in [0.29, 0.717) is 6.04 Å². The fourth-order valence-electron chi connectivity index (χ4n) is 1.63. The fourth-order valence-corrected chi connectivity index (χ4v) is 1.63. The zero-order chi connectivity index (χ0) is 8.27. The second-order valence-corrected chi connectivity index (χ2v) is 2.99. The second kappa shape index (κ2) is 4.04. The van der Waals surface area contributed by atoms with Crippen LogP contribution in [0.2, 0.25) is 0 Å². The lowest BCUT2D eigenvalue weighted by molar-refractivity contribution is 0.151. The molecule has 3 heteroatoms. The molecule has 1 fully saturated rings. The highest BCUT2D eigenvalue weighted by Crippen LogP contribution is 2.10. The minimum atomic E-state index is 0.217. The van der Waals surface area contributed by atoms with Gasteiger partial charge in [0.05, 0.1) is 19.3 Å². The standard InChI is InChI=1S/C8H18N2O/c1-3-10(4-2)8-6-11-5-7(8)9/h7-8H,3-6,9H2,1-2H3/t7-,8-/m0/s1. The van der Waals surface area contributed by atoms with E-state index in [0.717, 1.165) is 26.3 Å². The summed E-state index contributed by atoms with van der Waals surface area (Å²) in [6, 6.07) is 0.667. The lowest BCUT2D eigenvalue weighted by Gasteiger charge is -2.27. The number of nitrogens with two attached hydrogens (primary N) is 1. The van der Waals surface area contributed by atoms with Gasteiger partial charge in [0.1, 0.15) is 0 Å². The lowest BCUT2D eigenvalue weighted by Crippen LogP contribution is -2.46. The molecule has 0 bridgehead atoms. The van der Waals surface area contributed by atoms with Crippen LogP contribution >= 0.6 is 0 Å². The minimum Gasteiger partial charge on any atom is -0.378 e. The molecule has 0 radical (unpaired) electrons. The molecule has 2 atom stereocenters. The molecule has 0 aromatic rings. The predicted octanol–water partition coefficient (Wildman–Crippen LogP) is 0.0543. The first-order chi connectivity index (χ1) is 5.29. The van der Waals surface area contributed by atoms with Gasteiger partial charge in [-0.2, -0.15) is 0 Å². The van der Waals surface area contributed by atoms with Gasteiger partial charge in [-0.3, -0.25) is 4.90 Å². The van der Waals surface area contributed by atoms with Crippen molar-refractivity contribution in [3.8, 4) is 0 Å². The number of hydrogen-bond donors (Lipinski definition) is 1. The molecule has 1 saturated heterocycles. The van der Waals surface area contributed by atoms with Crippen molar-refractivity contribution in [2.45, 2.75) is 25.9 Å². The van der Waals surface area contributed by atoms with Gasteiger partial charge in [-0.05, 0) is 13.1 Å². The van der Waals surface area contributed by atoms with E-state index in [1.807, 2.05) is 0 Å². The molecule has 2 N–H and O–H groups in total. The van der Waals surface area contributed by atoms with Gasteiger partial charge < -0.3 is 10.5 Å². The quantitative estimate of drug-likeness (QED) is 0.631. The van der Waals surface area contributed by atoms with Crippen LogP contribution in [0.15, 0.2) is 0 Å². The molecule has 0 unspecified atom stereocenters.